The Morgan fingerprint density at radius 2 is 1.63 bits per heavy atom. The van der Waals surface area contributed by atoms with E-state index in [2.05, 4.69) is 26.3 Å². The van der Waals surface area contributed by atoms with E-state index in [0.717, 1.165) is 12.0 Å². The summed E-state index contributed by atoms with van der Waals surface area (Å²) in [4.78, 5) is 53.3. The second kappa shape index (κ2) is 18.4. The molecule has 0 saturated heterocycles. The SMILES string of the molecule is CC[C@H](C)[C@@H](CNCC(=O)N[C@@H](CO)C(=O)N[C@@H](CCCN=C(N)N)C(N)=O)NC(=O)[C@@H](N)Cc1ccc(O)cc1. The summed E-state index contributed by atoms with van der Waals surface area (Å²) in [5.41, 5.74) is 22.7. The first-order chi connectivity index (χ1) is 19.4. The largest absolute Gasteiger partial charge is 0.508 e. The Morgan fingerprint density at radius 3 is 2.20 bits per heavy atom. The first-order valence-corrected chi connectivity index (χ1v) is 13.5. The number of carbonyl (C=O) groups is 4. The Labute approximate surface area is 239 Å². The van der Waals surface area contributed by atoms with Crippen molar-refractivity contribution in [3.05, 3.63) is 29.8 Å². The van der Waals surface area contributed by atoms with Crippen molar-refractivity contribution in [3.63, 3.8) is 0 Å². The van der Waals surface area contributed by atoms with Crippen molar-refractivity contribution in [3.8, 4) is 5.75 Å². The molecule has 1 rings (SSSR count). The molecular formula is C26H45N9O6. The Balaban J connectivity index is 2.60. The zero-order valence-electron chi connectivity index (χ0n) is 23.6. The molecule has 15 heteroatoms. The lowest BCUT2D eigenvalue weighted by atomic mass is 9.98. The normalized spacial score (nSPS) is 14.5. The van der Waals surface area contributed by atoms with Gasteiger partial charge in [-0.15, -0.1) is 0 Å². The summed E-state index contributed by atoms with van der Waals surface area (Å²) in [5, 5.41) is 29.8. The standard InChI is InChI=1S/C26H45N9O6/c1-3-15(2)20(35-24(40)18(27)11-16-6-8-17(37)9-7-16)12-31-13-22(38)33-21(14-36)25(41)34-19(23(28)39)5-4-10-32-26(29)30/h6-9,15,18-21,31,36-37H,3-5,10-14,27H2,1-2H3,(H2,28,39)(H,33,38)(H,34,41)(H,35,40)(H4,29,30,32)/t15-,18-,19-,20+,21-/m0/s1. The molecule has 1 aromatic carbocycles. The van der Waals surface area contributed by atoms with Crippen LogP contribution in [-0.2, 0) is 25.6 Å². The summed E-state index contributed by atoms with van der Waals surface area (Å²) < 4.78 is 0. The third kappa shape index (κ3) is 13.8. The lowest BCUT2D eigenvalue weighted by Crippen LogP contribution is -2.56. The molecule has 5 atom stereocenters. The number of amides is 4. The van der Waals surface area contributed by atoms with E-state index in [-0.39, 0.29) is 62.1 Å². The van der Waals surface area contributed by atoms with Crippen molar-refractivity contribution in [2.75, 3.05) is 26.2 Å². The van der Waals surface area contributed by atoms with Crippen LogP contribution in [0.5, 0.6) is 5.75 Å². The molecular weight excluding hydrogens is 534 g/mol. The molecule has 0 aliphatic heterocycles. The van der Waals surface area contributed by atoms with Gasteiger partial charge in [0.1, 0.15) is 17.8 Å². The van der Waals surface area contributed by atoms with Gasteiger partial charge in [-0.25, -0.2) is 0 Å². The number of primary amides is 1. The number of hydrogen-bond acceptors (Lipinski definition) is 9. The molecule has 230 valence electrons. The van der Waals surface area contributed by atoms with Crippen LogP contribution < -0.4 is 44.2 Å². The predicted octanol–water partition coefficient (Wildman–Crippen LogP) is -3.12. The number of nitrogens with one attached hydrogen (secondary N) is 4. The van der Waals surface area contributed by atoms with Crippen LogP contribution in [0.3, 0.4) is 0 Å². The summed E-state index contributed by atoms with van der Waals surface area (Å²) in [6, 6.07) is 2.93. The number of aliphatic hydroxyl groups excluding tert-OH is 1. The summed E-state index contributed by atoms with van der Waals surface area (Å²) in [6.45, 7) is 3.49. The van der Waals surface area contributed by atoms with Crippen LogP contribution >= 0.6 is 0 Å². The van der Waals surface area contributed by atoms with E-state index in [1.807, 2.05) is 13.8 Å². The first-order valence-electron chi connectivity index (χ1n) is 13.5. The van der Waals surface area contributed by atoms with Gasteiger partial charge in [-0.3, -0.25) is 24.2 Å². The highest BCUT2D eigenvalue weighted by Crippen LogP contribution is 2.12. The van der Waals surface area contributed by atoms with E-state index in [4.69, 9.17) is 22.9 Å². The van der Waals surface area contributed by atoms with Crippen molar-refractivity contribution in [1.29, 1.82) is 0 Å². The molecule has 0 aromatic heterocycles. The van der Waals surface area contributed by atoms with Crippen molar-refractivity contribution in [2.24, 2.45) is 33.8 Å². The number of carbonyl (C=O) groups excluding carboxylic acids is 4. The van der Waals surface area contributed by atoms with Gasteiger partial charge in [-0.1, -0.05) is 32.4 Å². The highest BCUT2D eigenvalue weighted by molar-refractivity contribution is 5.92. The number of rotatable bonds is 19. The smallest absolute Gasteiger partial charge is 0.245 e. The third-order valence-electron chi connectivity index (χ3n) is 6.48. The van der Waals surface area contributed by atoms with Gasteiger partial charge in [0.15, 0.2) is 5.96 Å². The summed E-state index contributed by atoms with van der Waals surface area (Å²) in [5.74, 6) is -2.42. The van der Waals surface area contributed by atoms with E-state index >= 15 is 0 Å². The monoisotopic (exact) mass is 579 g/mol. The Hall–Kier alpha value is -3.95. The number of nitrogens with two attached hydrogens (primary N) is 4. The molecule has 0 fully saturated rings. The number of benzene rings is 1. The number of aromatic hydroxyl groups is 1. The summed E-state index contributed by atoms with van der Waals surface area (Å²) >= 11 is 0. The van der Waals surface area contributed by atoms with E-state index in [1.54, 1.807) is 12.1 Å². The lowest BCUT2D eigenvalue weighted by molar-refractivity contribution is -0.132. The molecule has 15 nitrogen and oxygen atoms in total. The summed E-state index contributed by atoms with van der Waals surface area (Å²) in [6.07, 6.45) is 1.56. The molecule has 0 aliphatic carbocycles. The van der Waals surface area contributed by atoms with Crippen LogP contribution in [0, 0.1) is 5.92 Å². The van der Waals surface area contributed by atoms with Crippen LogP contribution in [0.2, 0.25) is 0 Å². The molecule has 1 aromatic rings. The van der Waals surface area contributed by atoms with Gasteiger partial charge in [0.05, 0.1) is 19.2 Å². The zero-order chi connectivity index (χ0) is 30.9. The molecule has 0 saturated carbocycles. The van der Waals surface area contributed by atoms with Crippen LogP contribution in [0.4, 0.5) is 0 Å². The van der Waals surface area contributed by atoms with Crippen LogP contribution in [0.1, 0.15) is 38.7 Å². The molecule has 0 unspecified atom stereocenters. The second-order valence-electron chi connectivity index (χ2n) is 9.82. The van der Waals surface area contributed by atoms with Gasteiger partial charge in [0.2, 0.25) is 23.6 Å². The number of nitrogens with zero attached hydrogens (tertiary/aromatic N) is 1. The van der Waals surface area contributed by atoms with E-state index in [9.17, 15) is 29.4 Å². The van der Waals surface area contributed by atoms with Gasteiger partial charge in [-0.05, 0) is 42.9 Å². The number of hydrogen-bond donors (Lipinski definition) is 10. The third-order valence-corrected chi connectivity index (χ3v) is 6.48. The van der Waals surface area contributed by atoms with Gasteiger partial charge in [0, 0.05) is 19.1 Å². The maximum absolute atomic E-state index is 12.7. The van der Waals surface area contributed by atoms with Crippen molar-refractivity contribution < 1.29 is 29.4 Å². The molecule has 0 radical (unpaired) electrons. The Bertz CT molecular complexity index is 1020. The number of phenolic OH excluding ortho intramolecular Hbond substituents is 1. The minimum atomic E-state index is -1.31. The fourth-order valence-electron chi connectivity index (χ4n) is 3.79. The average Bonchev–Trinajstić information content (AvgIpc) is 2.92. The van der Waals surface area contributed by atoms with Crippen LogP contribution in [0.25, 0.3) is 0 Å². The molecule has 4 amide bonds. The van der Waals surface area contributed by atoms with Crippen molar-refractivity contribution in [1.82, 2.24) is 21.3 Å². The maximum Gasteiger partial charge on any atom is 0.245 e. The Kier molecular flexibility index (Phi) is 15.7. The first kappa shape index (κ1) is 35.1. The topological polar surface area (TPSA) is 273 Å². The number of guanidine groups is 1. The molecule has 0 aliphatic rings. The maximum atomic E-state index is 12.7. The van der Waals surface area contributed by atoms with Crippen molar-refractivity contribution in [2.45, 2.75) is 63.7 Å². The fraction of sp³-hybridized carbons (Fsp3) is 0.577. The average molecular weight is 580 g/mol. The minimum Gasteiger partial charge on any atom is -0.508 e. The Morgan fingerprint density at radius 1 is 0.976 bits per heavy atom. The van der Waals surface area contributed by atoms with E-state index < -0.39 is 42.5 Å². The zero-order valence-corrected chi connectivity index (χ0v) is 23.6. The number of phenols is 1. The number of aliphatic imine (C=N–C) groups is 1. The van der Waals surface area contributed by atoms with Gasteiger partial charge >= 0.3 is 0 Å². The van der Waals surface area contributed by atoms with Crippen LogP contribution in [-0.4, -0.2) is 90.2 Å². The second-order valence-corrected chi connectivity index (χ2v) is 9.82. The molecule has 0 heterocycles. The lowest BCUT2D eigenvalue weighted by Gasteiger charge is -2.26. The molecule has 41 heavy (non-hydrogen) atoms. The quantitative estimate of drug-likeness (QED) is 0.0447. The summed E-state index contributed by atoms with van der Waals surface area (Å²) in [7, 11) is 0. The molecule has 14 N–H and O–H groups in total. The highest BCUT2D eigenvalue weighted by Gasteiger charge is 2.26. The van der Waals surface area contributed by atoms with E-state index in [1.165, 1.54) is 12.1 Å². The van der Waals surface area contributed by atoms with E-state index in [0.29, 0.717) is 6.42 Å². The predicted molar refractivity (Wildman–Crippen MR) is 154 cm³/mol. The van der Waals surface area contributed by atoms with Gasteiger partial charge in [0.25, 0.3) is 0 Å². The van der Waals surface area contributed by atoms with Gasteiger partial charge < -0.3 is 54.4 Å². The minimum absolute atomic E-state index is 0.0593. The fourth-order valence-corrected chi connectivity index (χ4v) is 3.79. The highest BCUT2D eigenvalue weighted by atomic mass is 16.3. The van der Waals surface area contributed by atoms with Gasteiger partial charge in [-0.2, -0.15) is 0 Å². The molecule has 0 bridgehead atoms. The van der Waals surface area contributed by atoms with Crippen molar-refractivity contribution >= 4 is 29.6 Å². The number of aliphatic hydroxyl groups is 1. The molecule has 0 spiro atoms. The van der Waals surface area contributed by atoms with Crippen LogP contribution in [0.15, 0.2) is 29.3 Å².